The van der Waals surface area contributed by atoms with Crippen molar-refractivity contribution in [2.75, 3.05) is 5.32 Å². The Kier molecular flexibility index (Phi) is 3.28. The molecule has 0 atom stereocenters. The molecule has 3 rings (SSSR count). The molecule has 1 heterocycles. The highest BCUT2D eigenvalue weighted by Gasteiger charge is 2.17. The van der Waals surface area contributed by atoms with Gasteiger partial charge in [0.25, 0.3) is 0 Å². The van der Waals surface area contributed by atoms with Crippen molar-refractivity contribution in [3.8, 4) is 0 Å². The summed E-state index contributed by atoms with van der Waals surface area (Å²) in [5.41, 5.74) is 2.90. The number of anilines is 2. The Labute approximate surface area is 120 Å². The molecule has 6 heteroatoms. The van der Waals surface area contributed by atoms with Gasteiger partial charge in [0.2, 0.25) is 0 Å². The van der Waals surface area contributed by atoms with Crippen LogP contribution in [0.2, 0.25) is 5.02 Å². The summed E-state index contributed by atoms with van der Waals surface area (Å²) in [7, 11) is 0. The third-order valence-electron chi connectivity index (χ3n) is 3.33. The van der Waals surface area contributed by atoms with Gasteiger partial charge in [-0.1, -0.05) is 11.6 Å². The lowest BCUT2D eigenvalue weighted by atomic mass is 10.2. The minimum absolute atomic E-state index is 0.0716. The van der Waals surface area contributed by atoms with E-state index in [0.29, 0.717) is 5.69 Å². The van der Waals surface area contributed by atoms with E-state index >= 15 is 0 Å². The maximum absolute atomic E-state index is 11.1. The number of aromatic nitrogens is 2. The number of aryl methyl sites for hydroxylation is 1. The van der Waals surface area contributed by atoms with Gasteiger partial charge in [-0.25, -0.2) is 14.8 Å². The van der Waals surface area contributed by atoms with Crippen molar-refractivity contribution >= 4 is 29.1 Å². The van der Waals surface area contributed by atoms with Crippen molar-refractivity contribution in [1.29, 1.82) is 0 Å². The van der Waals surface area contributed by atoms with Crippen LogP contribution in [0.1, 0.15) is 28.0 Å². The van der Waals surface area contributed by atoms with E-state index in [0.717, 1.165) is 36.3 Å². The predicted octanol–water partition coefficient (Wildman–Crippen LogP) is 3.06. The zero-order valence-corrected chi connectivity index (χ0v) is 11.3. The lowest BCUT2D eigenvalue weighted by molar-refractivity contribution is 0.0697. The second-order valence-corrected chi connectivity index (χ2v) is 5.03. The molecule has 20 heavy (non-hydrogen) atoms. The number of carboxylic acid groups (broad SMARTS) is 1. The summed E-state index contributed by atoms with van der Waals surface area (Å²) in [5.74, 6) is -0.308. The Balaban J connectivity index is 1.94. The number of carboxylic acids is 1. The van der Waals surface area contributed by atoms with Crippen LogP contribution in [0.15, 0.2) is 24.5 Å². The summed E-state index contributed by atoms with van der Waals surface area (Å²) in [6.07, 6.45) is 4.51. The molecule has 1 aliphatic rings. The molecule has 0 unspecified atom stereocenters. The number of halogens is 1. The predicted molar refractivity (Wildman–Crippen MR) is 75.8 cm³/mol. The van der Waals surface area contributed by atoms with Crippen LogP contribution in [-0.2, 0) is 12.8 Å². The van der Waals surface area contributed by atoms with Gasteiger partial charge in [0.1, 0.15) is 12.1 Å². The fraction of sp³-hybridized carbons (Fsp3) is 0.214. The Morgan fingerprint density at radius 1 is 1.30 bits per heavy atom. The molecule has 1 aliphatic carbocycles. The largest absolute Gasteiger partial charge is 0.478 e. The molecule has 1 aromatic carbocycles. The number of nitrogens with zero attached hydrogens (tertiary/aromatic N) is 2. The first-order valence-electron chi connectivity index (χ1n) is 6.28. The minimum atomic E-state index is -1.05. The van der Waals surface area contributed by atoms with Gasteiger partial charge in [0.05, 0.1) is 10.6 Å². The van der Waals surface area contributed by atoms with Crippen LogP contribution in [0.5, 0.6) is 0 Å². The van der Waals surface area contributed by atoms with Gasteiger partial charge in [-0.05, 0) is 37.5 Å². The third-order valence-corrected chi connectivity index (χ3v) is 3.66. The van der Waals surface area contributed by atoms with Crippen molar-refractivity contribution in [1.82, 2.24) is 9.97 Å². The molecule has 0 spiro atoms. The van der Waals surface area contributed by atoms with Gasteiger partial charge in [0.15, 0.2) is 0 Å². The van der Waals surface area contributed by atoms with Crippen LogP contribution in [0.4, 0.5) is 11.5 Å². The maximum atomic E-state index is 11.1. The van der Waals surface area contributed by atoms with Crippen LogP contribution < -0.4 is 5.32 Å². The van der Waals surface area contributed by atoms with Gasteiger partial charge in [-0.15, -0.1) is 0 Å². The van der Waals surface area contributed by atoms with E-state index in [-0.39, 0.29) is 10.6 Å². The van der Waals surface area contributed by atoms with Crippen molar-refractivity contribution in [3.63, 3.8) is 0 Å². The molecule has 102 valence electrons. The smallest absolute Gasteiger partial charge is 0.337 e. The average molecular weight is 290 g/mol. The van der Waals surface area contributed by atoms with E-state index in [1.165, 1.54) is 12.4 Å². The second-order valence-electron chi connectivity index (χ2n) is 4.63. The average Bonchev–Trinajstić information content (AvgIpc) is 2.90. The molecule has 0 amide bonds. The lowest BCUT2D eigenvalue weighted by Crippen LogP contribution is -2.03. The Morgan fingerprint density at radius 2 is 2.15 bits per heavy atom. The van der Waals surface area contributed by atoms with Crippen LogP contribution in [-0.4, -0.2) is 21.0 Å². The number of benzene rings is 1. The molecule has 0 aliphatic heterocycles. The van der Waals surface area contributed by atoms with E-state index in [4.69, 9.17) is 16.7 Å². The van der Waals surface area contributed by atoms with Crippen LogP contribution in [0.25, 0.3) is 0 Å². The number of hydrogen-bond acceptors (Lipinski definition) is 4. The molecule has 1 aromatic heterocycles. The summed E-state index contributed by atoms with van der Waals surface area (Å²) in [4.78, 5) is 19.6. The number of aromatic carboxylic acids is 1. The fourth-order valence-corrected chi connectivity index (χ4v) is 2.57. The normalized spacial score (nSPS) is 13.1. The summed E-state index contributed by atoms with van der Waals surface area (Å²) in [6, 6.07) is 4.81. The van der Waals surface area contributed by atoms with Crippen LogP contribution in [0.3, 0.4) is 0 Å². The molecule has 2 aromatic rings. The topological polar surface area (TPSA) is 75.1 Å². The van der Waals surface area contributed by atoms with E-state index in [2.05, 4.69) is 15.3 Å². The van der Waals surface area contributed by atoms with Crippen LogP contribution >= 0.6 is 11.6 Å². The number of carbonyl (C=O) groups is 1. The second kappa shape index (κ2) is 5.09. The molecular weight excluding hydrogens is 278 g/mol. The summed E-state index contributed by atoms with van der Waals surface area (Å²) in [6.45, 7) is 0. The summed E-state index contributed by atoms with van der Waals surface area (Å²) in [5, 5.41) is 12.4. The third kappa shape index (κ3) is 2.32. The standard InChI is InChI=1S/C14H12ClN3O2/c15-11-5-4-8(6-10(11)14(19)20)18-13-9-2-1-3-12(9)16-7-17-13/h4-7H,1-3H2,(H,19,20)(H,16,17,18). The number of hydrogen-bond donors (Lipinski definition) is 2. The van der Waals surface area contributed by atoms with Gasteiger partial charge >= 0.3 is 5.97 Å². The highest BCUT2D eigenvalue weighted by Crippen LogP contribution is 2.28. The quantitative estimate of drug-likeness (QED) is 0.908. The zero-order valence-electron chi connectivity index (χ0n) is 10.6. The van der Waals surface area contributed by atoms with Crippen molar-refractivity contribution in [2.24, 2.45) is 0 Å². The molecule has 0 saturated carbocycles. The molecule has 0 saturated heterocycles. The van der Waals surface area contributed by atoms with Crippen LogP contribution in [0, 0.1) is 0 Å². The molecule has 2 N–H and O–H groups in total. The maximum Gasteiger partial charge on any atom is 0.337 e. The minimum Gasteiger partial charge on any atom is -0.478 e. The number of nitrogens with one attached hydrogen (secondary N) is 1. The van der Waals surface area contributed by atoms with E-state index in [1.807, 2.05) is 0 Å². The van der Waals surface area contributed by atoms with E-state index in [1.54, 1.807) is 12.1 Å². The fourth-order valence-electron chi connectivity index (χ4n) is 2.37. The SMILES string of the molecule is O=C(O)c1cc(Nc2ncnc3c2CCC3)ccc1Cl. The van der Waals surface area contributed by atoms with E-state index < -0.39 is 5.97 Å². The molecule has 0 fully saturated rings. The van der Waals surface area contributed by atoms with Crippen molar-refractivity contribution < 1.29 is 9.90 Å². The Bertz CT molecular complexity index is 688. The van der Waals surface area contributed by atoms with Crippen molar-refractivity contribution in [2.45, 2.75) is 19.3 Å². The highest BCUT2D eigenvalue weighted by molar-refractivity contribution is 6.33. The molecule has 0 radical (unpaired) electrons. The number of rotatable bonds is 3. The van der Waals surface area contributed by atoms with Gasteiger partial charge in [0, 0.05) is 16.9 Å². The first-order chi connectivity index (χ1) is 9.65. The monoisotopic (exact) mass is 289 g/mol. The zero-order chi connectivity index (χ0) is 14.1. The summed E-state index contributed by atoms with van der Waals surface area (Å²) < 4.78 is 0. The van der Waals surface area contributed by atoms with Crippen molar-refractivity contribution in [3.05, 3.63) is 46.4 Å². The first-order valence-corrected chi connectivity index (χ1v) is 6.65. The van der Waals surface area contributed by atoms with Gasteiger partial charge in [-0.3, -0.25) is 0 Å². The van der Waals surface area contributed by atoms with Gasteiger partial charge in [-0.2, -0.15) is 0 Å². The Morgan fingerprint density at radius 3 is 2.95 bits per heavy atom. The number of fused-ring (bicyclic) bond motifs is 1. The van der Waals surface area contributed by atoms with E-state index in [9.17, 15) is 4.79 Å². The highest BCUT2D eigenvalue weighted by atomic mass is 35.5. The summed E-state index contributed by atoms with van der Waals surface area (Å²) >= 11 is 5.85. The lowest BCUT2D eigenvalue weighted by Gasteiger charge is -2.10. The molecule has 5 nitrogen and oxygen atoms in total. The van der Waals surface area contributed by atoms with Gasteiger partial charge < -0.3 is 10.4 Å². The Hall–Kier alpha value is -2.14. The molecule has 0 bridgehead atoms. The first kappa shape index (κ1) is 12.9. The molecular formula is C14H12ClN3O2.